The Bertz CT molecular complexity index is 1420. The summed E-state index contributed by atoms with van der Waals surface area (Å²) in [7, 11) is -9.38. The molecule has 0 fully saturated rings. The molecule has 0 N–H and O–H groups in total. The van der Waals surface area contributed by atoms with Gasteiger partial charge in [0.1, 0.15) is 10.6 Å². The SMILES string of the molecule is CCCCCCOc1ccc(C)cc1S(=O)(=O)C(=[N+]=[N-])S(=O)(=O)c1ccc2ccccc2c1. The molecule has 0 aromatic heterocycles. The molecule has 3 rings (SSSR count). The predicted octanol–water partition coefficient (Wildman–Crippen LogP) is 4.94. The first kappa shape index (κ1) is 24.6. The van der Waals surface area contributed by atoms with E-state index in [1.54, 1.807) is 37.3 Å². The lowest BCUT2D eigenvalue weighted by molar-refractivity contribution is 0.00379. The highest BCUT2D eigenvalue weighted by molar-refractivity contribution is 8.31. The quantitative estimate of drug-likeness (QED) is 0.147. The van der Waals surface area contributed by atoms with Crippen molar-refractivity contribution < 1.29 is 26.4 Å². The fourth-order valence-corrected chi connectivity index (χ4v) is 7.02. The number of sulfone groups is 2. The van der Waals surface area contributed by atoms with E-state index in [-0.39, 0.29) is 22.1 Å². The van der Waals surface area contributed by atoms with Crippen LogP contribution in [0.5, 0.6) is 5.75 Å². The minimum atomic E-state index is -4.72. The molecule has 0 heterocycles. The molecule has 0 saturated heterocycles. The summed E-state index contributed by atoms with van der Waals surface area (Å²) >= 11 is 0. The molecule has 0 saturated carbocycles. The van der Waals surface area contributed by atoms with Crippen LogP contribution in [-0.4, -0.2) is 32.6 Å². The van der Waals surface area contributed by atoms with Crippen LogP contribution in [0, 0.1) is 6.92 Å². The zero-order valence-electron chi connectivity index (χ0n) is 18.6. The van der Waals surface area contributed by atoms with Crippen molar-refractivity contribution in [3.05, 3.63) is 71.8 Å². The molecule has 9 heteroatoms. The van der Waals surface area contributed by atoms with Gasteiger partial charge in [-0.2, -0.15) is 0 Å². The molecule has 0 amide bonds. The monoisotopic (exact) mass is 486 g/mol. The Kier molecular flexibility index (Phi) is 7.68. The van der Waals surface area contributed by atoms with Crippen molar-refractivity contribution in [2.45, 2.75) is 49.3 Å². The molecule has 0 atom stereocenters. The predicted molar refractivity (Wildman–Crippen MR) is 128 cm³/mol. The number of hydrogen-bond donors (Lipinski definition) is 0. The number of nitrogens with zero attached hydrogens (tertiary/aromatic N) is 2. The van der Waals surface area contributed by atoms with Gasteiger partial charge in [-0.1, -0.05) is 62.6 Å². The largest absolute Gasteiger partial charge is 0.504 e. The maximum Gasteiger partial charge on any atom is 0.504 e. The van der Waals surface area contributed by atoms with E-state index in [4.69, 9.17) is 4.74 Å². The van der Waals surface area contributed by atoms with E-state index < -0.39 is 24.1 Å². The molecule has 0 aliphatic heterocycles. The van der Waals surface area contributed by atoms with Gasteiger partial charge < -0.3 is 10.3 Å². The first-order valence-electron chi connectivity index (χ1n) is 10.7. The second-order valence-electron chi connectivity index (χ2n) is 7.74. The third-order valence-corrected chi connectivity index (χ3v) is 9.39. The van der Waals surface area contributed by atoms with Gasteiger partial charge in [-0.15, -0.1) is 4.79 Å². The fraction of sp³-hybridized carbons (Fsp3) is 0.292. The topological polar surface area (TPSA) is 114 Å². The Hall–Kier alpha value is -3.00. The van der Waals surface area contributed by atoms with Gasteiger partial charge in [0.25, 0.3) is 19.7 Å². The van der Waals surface area contributed by atoms with Crippen LogP contribution in [0.15, 0.2) is 70.5 Å². The van der Waals surface area contributed by atoms with E-state index in [1.807, 2.05) is 6.07 Å². The maximum absolute atomic E-state index is 13.4. The van der Waals surface area contributed by atoms with E-state index >= 15 is 0 Å². The van der Waals surface area contributed by atoms with Crippen molar-refractivity contribution in [3.63, 3.8) is 0 Å². The van der Waals surface area contributed by atoms with Gasteiger partial charge in [0.15, 0.2) is 0 Å². The average Bonchev–Trinajstić information content (AvgIpc) is 2.79. The number of fused-ring (bicyclic) bond motifs is 1. The lowest BCUT2D eigenvalue weighted by Crippen LogP contribution is -2.27. The van der Waals surface area contributed by atoms with E-state index in [0.29, 0.717) is 10.9 Å². The number of rotatable bonds is 8. The molecule has 0 unspecified atom stereocenters. The van der Waals surface area contributed by atoms with Crippen molar-refractivity contribution in [3.8, 4) is 5.75 Å². The molecule has 33 heavy (non-hydrogen) atoms. The standard InChI is InChI=1S/C24H26N2O5S2/c1-3-4-5-8-15-31-22-14-11-18(2)16-23(22)33(29,30)24(26-25)32(27,28)21-13-12-19-9-6-7-10-20(19)17-21/h6-7,9-14,16-17H,3-5,8,15H2,1-2H3. The summed E-state index contributed by atoms with van der Waals surface area (Å²) in [5.74, 6) is 0.0203. The van der Waals surface area contributed by atoms with Gasteiger partial charge in [-0.05, 0) is 53.9 Å². The Balaban J connectivity index is 2.02. The van der Waals surface area contributed by atoms with Gasteiger partial charge in [0.2, 0.25) is 0 Å². The molecule has 3 aromatic rings. The Morgan fingerprint density at radius 1 is 0.879 bits per heavy atom. The number of benzene rings is 3. The van der Waals surface area contributed by atoms with Gasteiger partial charge in [0, 0.05) is 0 Å². The van der Waals surface area contributed by atoms with Crippen molar-refractivity contribution in [2.24, 2.45) is 0 Å². The highest BCUT2D eigenvalue weighted by Gasteiger charge is 2.45. The average molecular weight is 487 g/mol. The van der Waals surface area contributed by atoms with Crippen LogP contribution in [-0.2, 0) is 19.7 Å². The van der Waals surface area contributed by atoms with Gasteiger partial charge in [0.05, 0.1) is 11.5 Å². The van der Waals surface area contributed by atoms with Crippen molar-refractivity contribution in [1.82, 2.24) is 0 Å². The lowest BCUT2D eigenvalue weighted by Gasteiger charge is -2.11. The minimum Gasteiger partial charge on any atom is -0.492 e. The van der Waals surface area contributed by atoms with Gasteiger partial charge >= 0.3 is 4.38 Å². The van der Waals surface area contributed by atoms with Crippen LogP contribution in [0.3, 0.4) is 0 Å². The van der Waals surface area contributed by atoms with Crippen molar-refractivity contribution in [2.75, 3.05) is 6.61 Å². The molecule has 0 bridgehead atoms. The van der Waals surface area contributed by atoms with Crippen LogP contribution in [0.1, 0.15) is 38.2 Å². The smallest absolute Gasteiger partial charge is 0.492 e. The molecular formula is C24H26N2O5S2. The van der Waals surface area contributed by atoms with E-state index in [1.165, 1.54) is 24.3 Å². The first-order chi connectivity index (χ1) is 15.7. The molecule has 0 radical (unpaired) electrons. The second-order valence-corrected chi connectivity index (χ2v) is 11.7. The minimum absolute atomic E-state index is 0.0203. The first-order valence-corrected chi connectivity index (χ1v) is 13.6. The summed E-state index contributed by atoms with van der Waals surface area (Å²) in [6.07, 6.45) is 3.75. The van der Waals surface area contributed by atoms with Crippen molar-refractivity contribution in [1.29, 1.82) is 0 Å². The highest BCUT2D eigenvalue weighted by Crippen LogP contribution is 2.30. The normalized spacial score (nSPS) is 11.8. The van der Waals surface area contributed by atoms with E-state index in [9.17, 15) is 22.4 Å². The number of aryl methyl sites for hydroxylation is 1. The van der Waals surface area contributed by atoms with Crippen LogP contribution >= 0.6 is 0 Å². The summed E-state index contributed by atoms with van der Waals surface area (Å²) in [5, 5.41) is 1.40. The molecular weight excluding hydrogens is 460 g/mol. The van der Waals surface area contributed by atoms with E-state index in [2.05, 4.69) is 11.7 Å². The fourth-order valence-electron chi connectivity index (χ4n) is 3.44. The molecule has 0 aliphatic rings. The van der Waals surface area contributed by atoms with Crippen LogP contribution in [0.4, 0.5) is 0 Å². The Labute approximate surface area is 194 Å². The molecule has 0 aliphatic carbocycles. The highest BCUT2D eigenvalue weighted by atomic mass is 32.3. The third kappa shape index (κ3) is 5.33. The summed E-state index contributed by atoms with van der Waals surface area (Å²) < 4.78 is 57.6. The number of ether oxygens (including phenoxy) is 1. The number of unbranched alkanes of at least 4 members (excludes halogenated alkanes) is 3. The Morgan fingerprint density at radius 2 is 1.61 bits per heavy atom. The maximum atomic E-state index is 13.4. The molecule has 7 nitrogen and oxygen atoms in total. The summed E-state index contributed by atoms with van der Waals surface area (Å²) in [6, 6.07) is 15.8. The second kappa shape index (κ2) is 10.3. The zero-order chi connectivity index (χ0) is 24.1. The van der Waals surface area contributed by atoms with Gasteiger partial charge in [-0.3, -0.25) is 0 Å². The van der Waals surface area contributed by atoms with Crippen LogP contribution < -0.4 is 4.74 Å². The third-order valence-electron chi connectivity index (χ3n) is 5.22. The Morgan fingerprint density at radius 3 is 2.30 bits per heavy atom. The lowest BCUT2D eigenvalue weighted by atomic mass is 10.1. The number of hydrogen-bond acceptors (Lipinski definition) is 5. The summed E-state index contributed by atoms with van der Waals surface area (Å²) in [4.78, 5) is 2.10. The van der Waals surface area contributed by atoms with Crippen molar-refractivity contribution >= 4 is 34.8 Å². The summed E-state index contributed by atoms with van der Waals surface area (Å²) in [5.41, 5.74) is 10.1. The van der Waals surface area contributed by atoms with Crippen LogP contribution in [0.2, 0.25) is 0 Å². The van der Waals surface area contributed by atoms with Crippen LogP contribution in [0.25, 0.3) is 16.3 Å². The molecule has 3 aromatic carbocycles. The van der Waals surface area contributed by atoms with Gasteiger partial charge in [-0.25, -0.2) is 16.8 Å². The molecule has 174 valence electrons. The van der Waals surface area contributed by atoms with E-state index in [0.717, 1.165) is 31.1 Å². The summed E-state index contributed by atoms with van der Waals surface area (Å²) in [6.45, 7) is 4.05. The zero-order valence-corrected chi connectivity index (χ0v) is 20.2. The molecule has 0 spiro atoms.